The summed E-state index contributed by atoms with van der Waals surface area (Å²) in [5.41, 5.74) is 3.57. The summed E-state index contributed by atoms with van der Waals surface area (Å²) in [6.45, 7) is 1.76. The number of ether oxygens (including phenoxy) is 1. The lowest BCUT2D eigenvalue weighted by atomic mass is 9.85. The van der Waals surface area contributed by atoms with E-state index < -0.39 is 18.0 Å². The van der Waals surface area contributed by atoms with Gasteiger partial charge in [0.05, 0.1) is 63.4 Å². The maximum absolute atomic E-state index is 13.8. The lowest BCUT2D eigenvalue weighted by Crippen LogP contribution is -2.40. The van der Waals surface area contributed by atoms with Gasteiger partial charge in [-0.3, -0.25) is 14.6 Å². The molecule has 7 rings (SSSR count). The molecule has 2 saturated carbocycles. The fraction of sp³-hybridized carbons (Fsp3) is 0.441. The quantitative estimate of drug-likeness (QED) is 0.175. The van der Waals surface area contributed by atoms with Gasteiger partial charge in [-0.1, -0.05) is 29.3 Å². The summed E-state index contributed by atoms with van der Waals surface area (Å²) < 4.78 is 46.6. The number of anilines is 3. The number of hydrogen-bond acceptors (Lipinski definition) is 8. The molecular formula is C34H35Cl2F3N8O3. The first kappa shape index (κ1) is 34.2. The first-order valence-corrected chi connectivity index (χ1v) is 17.2. The molecule has 2 amide bonds. The fourth-order valence-electron chi connectivity index (χ4n) is 6.99. The van der Waals surface area contributed by atoms with Gasteiger partial charge in [0.2, 0.25) is 11.8 Å². The standard InChI is InChI=1S/C34H35Cl2F3N8O3/c1-46-27-11-26(47-15-18-9-19(18)16-47)22(31(48)42-21-6-4-20(5-7-21)34(37,38)39)10-24(27)44-33(46)45-30-23(35)8-3-17(29(30)36)12-41-32(49)25-13-40-14-28(43-25)50-2/h3,8,10-11,13-14,18-21H,4-7,9,12,15-16H2,1-2H3,(H,41,49)(H,42,48)(H,44,45)/t18?,19?,20-,21-. The van der Waals surface area contributed by atoms with E-state index in [1.54, 1.807) is 18.2 Å². The number of alkyl halides is 3. The highest BCUT2D eigenvalue weighted by atomic mass is 35.5. The number of nitrogens with zero attached hydrogens (tertiary/aromatic N) is 5. The molecule has 0 bridgehead atoms. The number of benzene rings is 2. The zero-order valence-electron chi connectivity index (χ0n) is 27.3. The second kappa shape index (κ2) is 13.4. The number of piperidine rings is 1. The maximum Gasteiger partial charge on any atom is 0.391 e. The third-order valence-corrected chi connectivity index (χ3v) is 10.7. The number of aromatic nitrogens is 4. The topological polar surface area (TPSA) is 126 Å². The number of amides is 2. The van der Waals surface area contributed by atoms with E-state index in [0.29, 0.717) is 45.1 Å². The van der Waals surface area contributed by atoms with E-state index in [0.717, 1.165) is 24.3 Å². The van der Waals surface area contributed by atoms with E-state index in [1.807, 2.05) is 17.7 Å². The van der Waals surface area contributed by atoms with Crippen LogP contribution in [0.2, 0.25) is 10.0 Å². The van der Waals surface area contributed by atoms with E-state index in [1.165, 1.54) is 25.9 Å². The number of rotatable bonds is 9. The van der Waals surface area contributed by atoms with Crippen LogP contribution < -0.4 is 25.6 Å². The molecule has 1 aliphatic heterocycles. The molecule has 11 nitrogen and oxygen atoms in total. The van der Waals surface area contributed by atoms with Gasteiger partial charge in [0.15, 0.2) is 0 Å². The Hall–Kier alpha value is -4.30. The van der Waals surface area contributed by atoms with E-state index in [-0.39, 0.29) is 60.8 Å². The van der Waals surface area contributed by atoms with E-state index in [4.69, 9.17) is 32.9 Å². The van der Waals surface area contributed by atoms with Crippen LogP contribution in [-0.4, -0.2) is 63.8 Å². The molecule has 1 saturated heterocycles. The van der Waals surface area contributed by atoms with E-state index in [9.17, 15) is 22.8 Å². The van der Waals surface area contributed by atoms with Gasteiger partial charge in [0.25, 0.3) is 11.8 Å². The van der Waals surface area contributed by atoms with Gasteiger partial charge in [0.1, 0.15) is 5.69 Å². The molecule has 2 atom stereocenters. The lowest BCUT2D eigenvalue weighted by molar-refractivity contribution is -0.182. The van der Waals surface area contributed by atoms with Crippen LogP contribution in [-0.2, 0) is 13.6 Å². The molecule has 2 aromatic heterocycles. The van der Waals surface area contributed by atoms with Crippen molar-refractivity contribution in [1.82, 2.24) is 30.2 Å². The third kappa shape index (κ3) is 6.87. The minimum absolute atomic E-state index is 0.000719. The van der Waals surface area contributed by atoms with Crippen molar-refractivity contribution < 1.29 is 27.5 Å². The molecule has 3 fully saturated rings. The predicted octanol–water partition coefficient (Wildman–Crippen LogP) is 6.66. The molecule has 264 valence electrons. The van der Waals surface area contributed by atoms with Crippen LogP contribution in [0.15, 0.2) is 36.7 Å². The number of methoxy groups -OCH3 is 1. The van der Waals surface area contributed by atoms with Gasteiger partial charge in [-0.2, -0.15) is 13.2 Å². The minimum Gasteiger partial charge on any atom is -0.480 e. The number of carbonyl (C=O) groups is 2. The summed E-state index contributed by atoms with van der Waals surface area (Å²) in [6.07, 6.45) is 0.246. The molecule has 2 aliphatic carbocycles. The fourth-order valence-corrected chi connectivity index (χ4v) is 7.52. The molecule has 50 heavy (non-hydrogen) atoms. The van der Waals surface area contributed by atoms with Crippen molar-refractivity contribution >= 4 is 63.4 Å². The van der Waals surface area contributed by atoms with Crippen molar-refractivity contribution in [1.29, 1.82) is 0 Å². The van der Waals surface area contributed by atoms with Gasteiger partial charge in [-0.05, 0) is 67.7 Å². The van der Waals surface area contributed by atoms with Crippen LogP contribution in [0, 0.1) is 17.8 Å². The average molecular weight is 732 g/mol. The summed E-state index contributed by atoms with van der Waals surface area (Å²) in [7, 11) is 3.27. The van der Waals surface area contributed by atoms with Crippen molar-refractivity contribution in [3.8, 4) is 5.88 Å². The molecule has 2 aromatic carbocycles. The number of halogens is 5. The van der Waals surface area contributed by atoms with Gasteiger partial charge < -0.3 is 30.2 Å². The first-order chi connectivity index (χ1) is 23.9. The van der Waals surface area contributed by atoms with E-state index in [2.05, 4.69) is 30.8 Å². The number of carbonyl (C=O) groups excluding carboxylic acids is 2. The SMILES string of the molecule is COc1cncc(C(=O)NCc2ccc(Cl)c(Nc3nc4cc(C(=O)N[C@H]5CC[C@H](C(F)(F)F)CC5)c(N5CC6CC6C5)cc4n3C)c2Cl)n1. The van der Waals surface area contributed by atoms with E-state index >= 15 is 0 Å². The minimum atomic E-state index is -4.21. The van der Waals surface area contributed by atoms with Crippen LogP contribution in [0.5, 0.6) is 5.88 Å². The van der Waals surface area contributed by atoms with Crippen molar-refractivity contribution in [3.63, 3.8) is 0 Å². The number of fused-ring (bicyclic) bond motifs is 2. The zero-order chi connectivity index (χ0) is 35.3. The second-order valence-corrected chi connectivity index (χ2v) is 14.0. The summed E-state index contributed by atoms with van der Waals surface area (Å²) >= 11 is 13.4. The van der Waals surface area contributed by atoms with Gasteiger partial charge >= 0.3 is 6.18 Å². The second-order valence-electron chi connectivity index (χ2n) is 13.2. The van der Waals surface area contributed by atoms with Gasteiger partial charge in [-0.15, -0.1) is 0 Å². The number of hydrogen-bond donors (Lipinski definition) is 3. The normalized spacial score (nSPS) is 21.5. The Balaban J connectivity index is 1.13. The average Bonchev–Trinajstić information content (AvgIpc) is 3.59. The maximum atomic E-state index is 13.8. The zero-order valence-corrected chi connectivity index (χ0v) is 28.8. The highest BCUT2D eigenvalue weighted by Crippen LogP contribution is 2.47. The Morgan fingerprint density at radius 3 is 2.46 bits per heavy atom. The molecule has 0 radical (unpaired) electrons. The summed E-state index contributed by atoms with van der Waals surface area (Å²) in [4.78, 5) is 41.5. The smallest absolute Gasteiger partial charge is 0.391 e. The molecule has 2 unspecified atom stereocenters. The summed E-state index contributed by atoms with van der Waals surface area (Å²) in [6, 6.07) is 6.72. The van der Waals surface area contributed by atoms with Crippen LogP contribution in [0.1, 0.15) is 58.5 Å². The van der Waals surface area contributed by atoms with Crippen molar-refractivity contribution in [3.05, 3.63) is 63.5 Å². The molecule has 3 aliphatic rings. The summed E-state index contributed by atoms with van der Waals surface area (Å²) in [5, 5.41) is 9.63. The number of nitrogens with one attached hydrogen (secondary N) is 3. The monoisotopic (exact) mass is 730 g/mol. The molecule has 3 heterocycles. The van der Waals surface area contributed by atoms with Crippen LogP contribution in [0.3, 0.4) is 0 Å². The Bertz CT molecular complexity index is 1950. The van der Waals surface area contributed by atoms with Crippen molar-refractivity contribution in [2.24, 2.45) is 24.8 Å². The highest BCUT2D eigenvalue weighted by molar-refractivity contribution is 6.39. The molecule has 16 heteroatoms. The van der Waals surface area contributed by atoms with Crippen LogP contribution in [0.4, 0.5) is 30.5 Å². The van der Waals surface area contributed by atoms with Gasteiger partial charge in [0, 0.05) is 32.7 Å². The Labute approximate surface area is 295 Å². The Kier molecular flexibility index (Phi) is 9.18. The number of aryl methyl sites for hydroxylation is 1. The van der Waals surface area contributed by atoms with Crippen LogP contribution >= 0.6 is 23.2 Å². The highest BCUT2D eigenvalue weighted by Gasteiger charge is 2.46. The largest absolute Gasteiger partial charge is 0.480 e. The van der Waals surface area contributed by atoms with Crippen molar-refractivity contribution in [2.45, 2.75) is 50.9 Å². The number of imidazole rings is 1. The molecule has 3 N–H and O–H groups in total. The molecule has 0 spiro atoms. The predicted molar refractivity (Wildman–Crippen MR) is 183 cm³/mol. The third-order valence-electron chi connectivity index (χ3n) is 9.99. The molecule has 4 aromatic rings. The Morgan fingerprint density at radius 2 is 1.76 bits per heavy atom. The Morgan fingerprint density at radius 1 is 1.02 bits per heavy atom. The van der Waals surface area contributed by atoms with Gasteiger partial charge in [-0.25, -0.2) is 9.97 Å². The summed E-state index contributed by atoms with van der Waals surface area (Å²) in [5.74, 6) is -0.282. The van der Waals surface area contributed by atoms with Crippen LogP contribution in [0.25, 0.3) is 11.0 Å². The lowest BCUT2D eigenvalue weighted by Gasteiger charge is -2.31. The van der Waals surface area contributed by atoms with Crippen molar-refractivity contribution in [2.75, 3.05) is 30.4 Å². The first-order valence-electron chi connectivity index (χ1n) is 16.4. The molecular weight excluding hydrogens is 696 g/mol.